The van der Waals surface area contributed by atoms with Crippen LogP contribution in [0.5, 0.6) is 0 Å². The third kappa shape index (κ3) is 8.19. The number of alkyl halides is 6. The monoisotopic (exact) mass is 1040 g/mol. The highest BCUT2D eigenvalue weighted by atomic mass is 19.4. The van der Waals surface area contributed by atoms with Gasteiger partial charge in [0.2, 0.25) is 0 Å². The van der Waals surface area contributed by atoms with Crippen molar-refractivity contribution in [1.82, 2.24) is 9.13 Å². The van der Waals surface area contributed by atoms with Crippen LogP contribution in [-0.2, 0) is 12.4 Å². The lowest BCUT2D eigenvalue weighted by molar-refractivity contribution is -0.142. The van der Waals surface area contributed by atoms with Crippen molar-refractivity contribution in [2.24, 2.45) is 0 Å². The second-order valence-electron chi connectivity index (χ2n) is 19.1. The summed E-state index contributed by atoms with van der Waals surface area (Å²) in [6.45, 7) is 17.7. The zero-order chi connectivity index (χ0) is 54.9. The number of hydrogen-bond acceptors (Lipinski definition) is 2. The van der Waals surface area contributed by atoms with Crippen molar-refractivity contribution < 1.29 is 26.3 Å². The lowest BCUT2D eigenvalue weighted by atomic mass is 9.90. The van der Waals surface area contributed by atoms with Gasteiger partial charge in [0.25, 0.3) is 0 Å². The summed E-state index contributed by atoms with van der Waals surface area (Å²) in [5.74, 6) is 0. The maximum Gasteiger partial charge on any atom is 0.417 e. The first-order valence-corrected chi connectivity index (χ1v) is 24.7. The molecule has 0 spiro atoms. The smallest absolute Gasteiger partial charge is 0.309 e. The number of rotatable bonds is 7. The van der Waals surface area contributed by atoms with E-state index in [1.165, 1.54) is 6.07 Å². The first-order valence-electron chi connectivity index (χ1n) is 24.7. The van der Waals surface area contributed by atoms with Crippen molar-refractivity contribution >= 4 is 55.0 Å². The Morgan fingerprint density at radius 1 is 0.392 bits per heavy atom. The van der Waals surface area contributed by atoms with E-state index in [4.69, 9.17) is 13.1 Å². The summed E-state index contributed by atoms with van der Waals surface area (Å²) >= 11 is 0. The lowest BCUT2D eigenvalue weighted by Crippen LogP contribution is -2.15. The molecule has 0 saturated carbocycles. The molecule has 0 radical (unpaired) electrons. The van der Waals surface area contributed by atoms with Crippen molar-refractivity contribution in [1.29, 1.82) is 10.5 Å². The number of hydrogen-bond donors (Lipinski definition) is 0. The second-order valence-corrected chi connectivity index (χ2v) is 19.1. The predicted molar refractivity (Wildman–Crippen MR) is 299 cm³/mol. The van der Waals surface area contributed by atoms with Gasteiger partial charge in [-0.2, -0.15) is 36.9 Å². The Balaban J connectivity index is 1.21. The lowest BCUT2D eigenvalue weighted by Gasteiger charge is -2.24. The summed E-state index contributed by atoms with van der Waals surface area (Å²) in [6, 6.07) is 60.1. The third-order valence-electron chi connectivity index (χ3n) is 14.7. The third-order valence-corrected chi connectivity index (χ3v) is 14.7. The fourth-order valence-corrected chi connectivity index (χ4v) is 11.2. The molecule has 0 N–H and O–H groups in total. The van der Waals surface area contributed by atoms with Gasteiger partial charge in [-0.15, -0.1) is 0 Å². The molecule has 10 aromatic carbocycles. The van der Waals surface area contributed by atoms with Crippen LogP contribution in [0.2, 0.25) is 0 Å². The topological polar surface area (TPSA) is 66.2 Å². The van der Waals surface area contributed by atoms with E-state index >= 15 is 26.3 Å². The molecule has 0 unspecified atom stereocenters. The molecule has 0 aliphatic heterocycles. The number of aryl methyl sites for hydroxylation is 1. The normalized spacial score (nSPS) is 11.7. The molecule has 12 heteroatoms. The van der Waals surface area contributed by atoms with E-state index in [0.29, 0.717) is 128 Å². The molecule has 2 aromatic heterocycles. The van der Waals surface area contributed by atoms with E-state index in [9.17, 15) is 10.5 Å². The van der Waals surface area contributed by atoms with E-state index in [1.807, 2.05) is 89.5 Å². The Morgan fingerprint density at radius 3 is 1.13 bits per heavy atom. The molecular weight excluding hydrogens is 1000 g/mol. The molecular formula is C67H36F6N6. The van der Waals surface area contributed by atoms with Crippen molar-refractivity contribution in [2.75, 3.05) is 0 Å². The summed E-state index contributed by atoms with van der Waals surface area (Å²) < 4.78 is 97.7. The maximum atomic E-state index is 15.7. The number of nitrogens with zero attached hydrogens (tertiary/aromatic N) is 6. The van der Waals surface area contributed by atoms with Gasteiger partial charge in [-0.1, -0.05) is 115 Å². The summed E-state index contributed by atoms with van der Waals surface area (Å²) in [7, 11) is 0. The number of para-hydroxylation sites is 2. The van der Waals surface area contributed by atoms with Crippen LogP contribution in [0, 0.1) is 42.7 Å². The van der Waals surface area contributed by atoms with Crippen molar-refractivity contribution in [3.8, 4) is 79.1 Å². The molecule has 0 saturated heterocycles. The van der Waals surface area contributed by atoms with Crippen molar-refractivity contribution in [3.63, 3.8) is 0 Å². The molecule has 79 heavy (non-hydrogen) atoms. The number of halogens is 6. The summed E-state index contributed by atoms with van der Waals surface area (Å²) in [5, 5.41) is 22.8. The van der Waals surface area contributed by atoms with Crippen LogP contribution in [0.25, 0.3) is 120 Å². The number of nitriles is 2. The Bertz CT molecular complexity index is 4460. The molecule has 0 fully saturated rings. The van der Waals surface area contributed by atoms with Gasteiger partial charge in [0.1, 0.15) is 0 Å². The van der Waals surface area contributed by atoms with Gasteiger partial charge in [-0.05, 0) is 142 Å². The van der Waals surface area contributed by atoms with Crippen LogP contribution in [-0.4, -0.2) is 9.13 Å². The Kier molecular flexibility index (Phi) is 11.8. The SMILES string of the molecule is [C-]#[N+]c1ccccc1-c1ccc2c(c1)c1cc(-c3ccccc3[N+]#[C-])ccc1n2-c1cc(C)c(-n2c3ccc(-c4ccccc4C#N)cc3c3cc(-c4ccccc4C#N)ccc32)cc1-c1c(C(F)(F)F)cccc1C(F)(F)F. The maximum absolute atomic E-state index is 15.7. The number of benzene rings is 10. The minimum atomic E-state index is -5.25. The molecule has 0 aliphatic carbocycles. The van der Waals surface area contributed by atoms with Crippen LogP contribution in [0.4, 0.5) is 37.7 Å². The molecule has 12 rings (SSSR count). The second kappa shape index (κ2) is 18.9. The highest BCUT2D eigenvalue weighted by Gasteiger charge is 2.42. The summed E-state index contributed by atoms with van der Waals surface area (Å²) in [6.07, 6.45) is -10.5. The summed E-state index contributed by atoms with van der Waals surface area (Å²) in [4.78, 5) is 7.50. The first kappa shape index (κ1) is 49.2. The Morgan fingerprint density at radius 2 is 0.747 bits per heavy atom. The minimum absolute atomic E-state index is 0.0265. The standard InChI is InChI=1S/C67H36F6N6/c1-39-31-64(79-61-29-25-42(48-17-8-10-21-57(48)76-2)34-52(61)53-35-43(26-30-62(53)79)49-18-9-11-22-58(49)77-3)54(65-55(66(68,69)70)19-12-20-56(65)67(71,72)73)36-63(39)78-59-27-23-40(46-15-6-4-13-44(46)37-74)32-50(59)51-33-41(24-28-60(51)78)47-16-7-5-14-45(47)38-75/h4-36H,1H3. The van der Waals surface area contributed by atoms with Crippen LogP contribution in [0.3, 0.4) is 0 Å². The van der Waals surface area contributed by atoms with E-state index in [2.05, 4.69) is 21.8 Å². The zero-order valence-corrected chi connectivity index (χ0v) is 41.5. The molecule has 376 valence electrons. The highest BCUT2D eigenvalue weighted by Crippen LogP contribution is 2.50. The van der Waals surface area contributed by atoms with Crippen molar-refractivity contribution in [2.45, 2.75) is 19.3 Å². The van der Waals surface area contributed by atoms with Gasteiger partial charge in [0.05, 0.1) is 75.3 Å². The minimum Gasteiger partial charge on any atom is -0.309 e. The molecule has 6 nitrogen and oxygen atoms in total. The Labute approximate surface area is 448 Å². The molecule has 2 heterocycles. The quantitative estimate of drug-likeness (QED) is 0.118. The average molecular weight is 1040 g/mol. The average Bonchev–Trinajstić information content (AvgIpc) is 4.13. The van der Waals surface area contributed by atoms with E-state index < -0.39 is 29.0 Å². The van der Waals surface area contributed by atoms with Crippen LogP contribution < -0.4 is 0 Å². The van der Waals surface area contributed by atoms with Gasteiger partial charge in [0.15, 0.2) is 11.4 Å². The largest absolute Gasteiger partial charge is 0.417 e. The number of fused-ring (bicyclic) bond motifs is 6. The number of aromatic nitrogens is 2. The molecule has 0 atom stereocenters. The first-order chi connectivity index (χ1) is 38.2. The molecule has 0 bridgehead atoms. The fraction of sp³-hybridized carbons (Fsp3) is 0.0448. The predicted octanol–water partition coefficient (Wildman–Crippen LogP) is 19.4. The van der Waals surface area contributed by atoms with Crippen molar-refractivity contribution in [3.05, 3.63) is 251 Å². The molecule has 12 aromatic rings. The van der Waals surface area contributed by atoms with E-state index in [0.717, 1.165) is 6.07 Å². The van der Waals surface area contributed by atoms with E-state index in [-0.39, 0.29) is 16.9 Å². The van der Waals surface area contributed by atoms with Crippen LogP contribution >= 0.6 is 0 Å². The van der Waals surface area contributed by atoms with Gasteiger partial charge >= 0.3 is 12.4 Å². The van der Waals surface area contributed by atoms with Gasteiger partial charge in [0, 0.05) is 38.4 Å². The molecule has 0 aliphatic rings. The molecule has 0 amide bonds. The fourth-order valence-electron chi connectivity index (χ4n) is 11.2. The van der Waals surface area contributed by atoms with Gasteiger partial charge < -0.3 is 9.13 Å². The summed E-state index contributed by atoms with van der Waals surface area (Å²) in [5.41, 5.74) is 5.31. The zero-order valence-electron chi connectivity index (χ0n) is 41.5. The van der Waals surface area contributed by atoms with Crippen LogP contribution in [0.15, 0.2) is 200 Å². The van der Waals surface area contributed by atoms with E-state index in [1.54, 1.807) is 102 Å². The van der Waals surface area contributed by atoms with Gasteiger partial charge in [-0.25, -0.2) is 9.69 Å². The highest BCUT2D eigenvalue weighted by molar-refractivity contribution is 6.14. The van der Waals surface area contributed by atoms with Gasteiger partial charge in [-0.3, -0.25) is 0 Å². The van der Waals surface area contributed by atoms with Crippen LogP contribution in [0.1, 0.15) is 27.8 Å². The Hall–Kier alpha value is -10.7.